The summed E-state index contributed by atoms with van der Waals surface area (Å²) in [6.07, 6.45) is 1.64. The van der Waals surface area contributed by atoms with Crippen molar-refractivity contribution in [3.8, 4) is 11.5 Å². The van der Waals surface area contributed by atoms with Crippen molar-refractivity contribution in [1.82, 2.24) is 0 Å². The number of nitro groups is 1. The summed E-state index contributed by atoms with van der Waals surface area (Å²) in [5, 5.41) is 15.0. The first-order valence-corrected chi connectivity index (χ1v) is 11.3. The molecule has 33 heavy (non-hydrogen) atoms. The molecule has 0 aromatic heterocycles. The van der Waals surface area contributed by atoms with E-state index in [0.29, 0.717) is 30.6 Å². The van der Waals surface area contributed by atoms with Crippen molar-refractivity contribution in [3.05, 3.63) is 91.9 Å². The maximum atomic E-state index is 10.8. The second-order valence-electron chi connectivity index (χ2n) is 7.75. The molecule has 0 saturated heterocycles. The molecule has 0 amide bonds. The number of hydrazone groups is 1. The maximum absolute atomic E-state index is 10.8. The van der Waals surface area contributed by atoms with Gasteiger partial charge in [0.05, 0.1) is 16.8 Å². The molecule has 0 fully saturated rings. The zero-order valence-corrected chi connectivity index (χ0v) is 20.3. The Morgan fingerprint density at radius 2 is 1.73 bits per heavy atom. The Labute approximate surface area is 201 Å². The molecule has 172 valence electrons. The van der Waals surface area contributed by atoms with Crippen LogP contribution in [0.4, 0.5) is 11.4 Å². The quantitative estimate of drug-likeness (QED) is 0.142. The smallest absolute Gasteiger partial charge is 0.269 e. The van der Waals surface area contributed by atoms with Gasteiger partial charge in [-0.05, 0) is 60.4 Å². The van der Waals surface area contributed by atoms with E-state index in [0.717, 1.165) is 21.3 Å². The predicted molar refractivity (Wildman–Crippen MR) is 135 cm³/mol. The molecule has 0 heterocycles. The van der Waals surface area contributed by atoms with Crippen molar-refractivity contribution in [2.24, 2.45) is 5.10 Å². The highest BCUT2D eigenvalue weighted by Gasteiger charge is 2.09. The Kier molecular flexibility index (Phi) is 8.43. The number of rotatable bonds is 10. The van der Waals surface area contributed by atoms with Gasteiger partial charge in [-0.15, -0.1) is 0 Å². The number of nitrogens with zero attached hydrogens (tertiary/aromatic N) is 2. The molecule has 7 nitrogen and oxygen atoms in total. The van der Waals surface area contributed by atoms with Gasteiger partial charge in [0, 0.05) is 22.2 Å². The van der Waals surface area contributed by atoms with E-state index >= 15 is 0 Å². The molecule has 0 radical (unpaired) electrons. The van der Waals surface area contributed by atoms with E-state index in [1.54, 1.807) is 18.3 Å². The largest absolute Gasteiger partial charge is 0.490 e. The van der Waals surface area contributed by atoms with Crippen molar-refractivity contribution in [2.45, 2.75) is 26.7 Å². The summed E-state index contributed by atoms with van der Waals surface area (Å²) in [6.45, 7) is 7.13. The van der Waals surface area contributed by atoms with Gasteiger partial charge in [-0.2, -0.15) is 5.10 Å². The van der Waals surface area contributed by atoms with Crippen LogP contribution in [0, 0.1) is 17.0 Å². The lowest BCUT2D eigenvalue weighted by Gasteiger charge is -2.15. The molecule has 0 aliphatic heterocycles. The number of benzene rings is 3. The van der Waals surface area contributed by atoms with Gasteiger partial charge in [0.2, 0.25) is 0 Å². The molecular formula is C25H26BrN3O4. The Morgan fingerprint density at radius 3 is 2.39 bits per heavy atom. The summed E-state index contributed by atoms with van der Waals surface area (Å²) in [5.74, 6) is 1.93. The molecule has 3 aromatic rings. The van der Waals surface area contributed by atoms with Gasteiger partial charge in [0.25, 0.3) is 5.69 Å². The minimum absolute atomic E-state index is 0.0283. The topological polar surface area (TPSA) is 86.0 Å². The Bertz CT molecular complexity index is 1130. The van der Waals surface area contributed by atoms with Crippen LogP contribution in [0.25, 0.3) is 0 Å². The highest BCUT2D eigenvalue weighted by atomic mass is 79.9. The minimum atomic E-state index is -0.440. The molecule has 0 aliphatic carbocycles. The van der Waals surface area contributed by atoms with Gasteiger partial charge in [0.15, 0.2) is 0 Å². The van der Waals surface area contributed by atoms with E-state index in [1.165, 1.54) is 17.7 Å². The number of non-ortho nitro benzene ring substituents is 1. The lowest BCUT2D eigenvalue weighted by atomic mass is 10.0. The fraction of sp³-hybridized carbons (Fsp3) is 0.240. The normalized spacial score (nSPS) is 11.1. The Balaban J connectivity index is 1.60. The fourth-order valence-corrected chi connectivity index (χ4v) is 3.51. The van der Waals surface area contributed by atoms with Gasteiger partial charge < -0.3 is 9.47 Å². The molecule has 3 aromatic carbocycles. The van der Waals surface area contributed by atoms with E-state index in [4.69, 9.17) is 9.47 Å². The number of halogens is 1. The van der Waals surface area contributed by atoms with E-state index in [1.807, 2.05) is 25.1 Å². The lowest BCUT2D eigenvalue weighted by molar-refractivity contribution is -0.384. The predicted octanol–water partition coefficient (Wildman–Crippen LogP) is 6.69. The number of anilines is 1. The van der Waals surface area contributed by atoms with Crippen LogP contribution in [0.2, 0.25) is 0 Å². The van der Waals surface area contributed by atoms with Crippen molar-refractivity contribution in [2.75, 3.05) is 18.6 Å². The van der Waals surface area contributed by atoms with Crippen molar-refractivity contribution in [1.29, 1.82) is 0 Å². The second-order valence-corrected chi connectivity index (χ2v) is 8.66. The molecule has 8 heteroatoms. The molecule has 0 unspecified atom stereocenters. The average molecular weight is 512 g/mol. The second kappa shape index (κ2) is 11.5. The van der Waals surface area contributed by atoms with Crippen molar-refractivity contribution < 1.29 is 14.4 Å². The van der Waals surface area contributed by atoms with E-state index in [2.05, 4.69) is 58.5 Å². The first kappa shape index (κ1) is 24.3. The number of aryl methyl sites for hydroxylation is 1. The van der Waals surface area contributed by atoms with Crippen LogP contribution in [0.1, 0.15) is 36.5 Å². The van der Waals surface area contributed by atoms with Crippen LogP contribution in [0.3, 0.4) is 0 Å². The minimum Gasteiger partial charge on any atom is -0.490 e. The highest BCUT2D eigenvalue weighted by molar-refractivity contribution is 9.10. The average Bonchev–Trinajstić information content (AvgIpc) is 2.78. The summed E-state index contributed by atoms with van der Waals surface area (Å²) in [5.41, 5.74) is 6.64. The van der Waals surface area contributed by atoms with E-state index in [9.17, 15) is 10.1 Å². The van der Waals surface area contributed by atoms with Crippen molar-refractivity contribution in [3.63, 3.8) is 0 Å². The number of hydrogen-bond donors (Lipinski definition) is 1. The van der Waals surface area contributed by atoms with E-state index in [-0.39, 0.29) is 5.69 Å². The molecule has 0 bridgehead atoms. The van der Waals surface area contributed by atoms with Gasteiger partial charge in [0.1, 0.15) is 24.7 Å². The first-order valence-electron chi connectivity index (χ1n) is 10.5. The summed E-state index contributed by atoms with van der Waals surface area (Å²) in [4.78, 5) is 10.3. The third-order valence-electron chi connectivity index (χ3n) is 4.84. The van der Waals surface area contributed by atoms with Gasteiger partial charge in [-0.25, -0.2) is 0 Å². The molecule has 0 spiro atoms. The van der Waals surface area contributed by atoms with E-state index < -0.39 is 4.92 Å². The van der Waals surface area contributed by atoms with Crippen LogP contribution < -0.4 is 14.9 Å². The molecule has 0 saturated carbocycles. The molecule has 3 rings (SSSR count). The van der Waals surface area contributed by atoms with Crippen LogP contribution in [0.15, 0.2) is 70.2 Å². The summed E-state index contributed by atoms with van der Waals surface area (Å²) in [7, 11) is 0. The van der Waals surface area contributed by atoms with Gasteiger partial charge in [-0.1, -0.05) is 41.9 Å². The number of nitro benzene ring substituents is 1. The highest BCUT2D eigenvalue weighted by Crippen LogP contribution is 2.28. The number of ether oxygens (including phenoxy) is 2. The Morgan fingerprint density at radius 1 is 1.03 bits per heavy atom. The maximum Gasteiger partial charge on any atom is 0.269 e. The standard InChI is InChI=1S/C25H26BrN3O4/c1-17(2)23-10-4-18(3)14-25(23)33-13-12-32-24-11-5-20(26)15-19(24)16-27-28-21-6-8-22(9-7-21)29(30)31/h4-11,14-17,28H,12-13H2,1-3H3/b27-16-. The van der Waals surface area contributed by atoms with Crippen molar-refractivity contribution >= 4 is 33.5 Å². The molecule has 0 aliphatic rings. The van der Waals surface area contributed by atoms with Gasteiger partial charge >= 0.3 is 0 Å². The summed E-state index contributed by atoms with van der Waals surface area (Å²) in [6, 6.07) is 18.0. The number of nitrogens with one attached hydrogen (secondary N) is 1. The Hall–Kier alpha value is -3.39. The zero-order valence-electron chi connectivity index (χ0n) is 18.7. The lowest BCUT2D eigenvalue weighted by Crippen LogP contribution is -2.11. The monoisotopic (exact) mass is 511 g/mol. The molecule has 0 atom stereocenters. The molecule has 1 N–H and O–H groups in total. The van der Waals surface area contributed by atoms with Crippen LogP contribution >= 0.6 is 15.9 Å². The van der Waals surface area contributed by atoms with Crippen LogP contribution in [-0.2, 0) is 0 Å². The van der Waals surface area contributed by atoms with Crippen LogP contribution in [0.5, 0.6) is 11.5 Å². The fourth-order valence-electron chi connectivity index (χ4n) is 3.13. The third kappa shape index (κ3) is 7.05. The first-order chi connectivity index (χ1) is 15.8. The third-order valence-corrected chi connectivity index (χ3v) is 5.33. The number of hydrogen-bond acceptors (Lipinski definition) is 6. The molecular weight excluding hydrogens is 486 g/mol. The SMILES string of the molecule is Cc1ccc(C(C)C)c(OCCOc2ccc(Br)cc2/C=N\Nc2ccc([N+](=O)[O-])cc2)c1. The van der Waals surface area contributed by atoms with Crippen LogP contribution in [-0.4, -0.2) is 24.4 Å². The zero-order chi connectivity index (χ0) is 23.8. The van der Waals surface area contributed by atoms with Gasteiger partial charge in [-0.3, -0.25) is 15.5 Å². The summed E-state index contributed by atoms with van der Waals surface area (Å²) < 4.78 is 12.8. The summed E-state index contributed by atoms with van der Waals surface area (Å²) >= 11 is 3.47.